The SMILES string of the molecule is C[C@]12C[C@]3(C)O[C@@H]3CC1C2(Br)Br. The van der Waals surface area contributed by atoms with E-state index in [1.807, 2.05) is 0 Å². The van der Waals surface area contributed by atoms with E-state index in [9.17, 15) is 0 Å². The molecule has 0 aromatic rings. The minimum Gasteiger partial charge on any atom is -0.366 e. The molecule has 1 heterocycles. The molecule has 68 valence electrons. The van der Waals surface area contributed by atoms with Gasteiger partial charge in [-0.15, -0.1) is 0 Å². The molecule has 0 spiro atoms. The van der Waals surface area contributed by atoms with Crippen molar-refractivity contribution >= 4 is 31.9 Å². The van der Waals surface area contributed by atoms with E-state index < -0.39 is 0 Å². The van der Waals surface area contributed by atoms with E-state index in [1.54, 1.807) is 0 Å². The van der Waals surface area contributed by atoms with Gasteiger partial charge in [-0.25, -0.2) is 0 Å². The van der Waals surface area contributed by atoms with Gasteiger partial charge in [-0.1, -0.05) is 38.8 Å². The Bertz CT molecular complexity index is 265. The summed E-state index contributed by atoms with van der Waals surface area (Å²) in [7, 11) is 0. The Balaban J connectivity index is 1.93. The van der Waals surface area contributed by atoms with Crippen molar-refractivity contribution in [1.29, 1.82) is 0 Å². The number of alkyl halides is 2. The van der Waals surface area contributed by atoms with Crippen LogP contribution in [0.2, 0.25) is 0 Å². The summed E-state index contributed by atoms with van der Waals surface area (Å²) in [5.74, 6) is 0.769. The van der Waals surface area contributed by atoms with E-state index in [4.69, 9.17) is 4.74 Å². The zero-order chi connectivity index (χ0) is 8.78. The maximum Gasteiger partial charge on any atom is 0.0926 e. The van der Waals surface area contributed by atoms with Gasteiger partial charge in [0.15, 0.2) is 0 Å². The Labute approximate surface area is 89.5 Å². The highest BCUT2D eigenvalue weighted by atomic mass is 79.9. The zero-order valence-electron chi connectivity index (χ0n) is 7.23. The van der Waals surface area contributed by atoms with Crippen LogP contribution in [0.15, 0.2) is 0 Å². The third-order valence-corrected chi connectivity index (χ3v) is 7.01. The second kappa shape index (κ2) is 1.82. The number of hydrogen-bond acceptors (Lipinski definition) is 1. The number of halogens is 2. The summed E-state index contributed by atoms with van der Waals surface area (Å²) in [4.78, 5) is 0. The number of rotatable bonds is 0. The molecule has 0 N–H and O–H groups in total. The number of ether oxygens (including phenoxy) is 1. The maximum atomic E-state index is 5.68. The minimum absolute atomic E-state index is 0.215. The minimum atomic E-state index is 0.215. The Morgan fingerprint density at radius 2 is 2.00 bits per heavy atom. The van der Waals surface area contributed by atoms with Gasteiger partial charge in [0.05, 0.1) is 14.9 Å². The van der Waals surface area contributed by atoms with Gasteiger partial charge in [0, 0.05) is 5.41 Å². The molecule has 0 radical (unpaired) electrons. The largest absolute Gasteiger partial charge is 0.366 e. The van der Waals surface area contributed by atoms with Crippen LogP contribution in [0.1, 0.15) is 26.7 Å². The van der Waals surface area contributed by atoms with Gasteiger partial charge in [0.1, 0.15) is 0 Å². The third kappa shape index (κ3) is 0.709. The lowest BCUT2D eigenvalue weighted by molar-refractivity contribution is 0.267. The van der Waals surface area contributed by atoms with Crippen LogP contribution < -0.4 is 0 Å². The quantitative estimate of drug-likeness (QED) is 0.494. The Morgan fingerprint density at radius 1 is 1.33 bits per heavy atom. The Hall–Kier alpha value is 0.920. The van der Waals surface area contributed by atoms with Crippen molar-refractivity contribution in [3.05, 3.63) is 0 Å². The normalized spacial score (nSPS) is 65.0. The predicted molar refractivity (Wildman–Crippen MR) is 54.7 cm³/mol. The van der Waals surface area contributed by atoms with E-state index >= 15 is 0 Å². The van der Waals surface area contributed by atoms with E-state index in [2.05, 4.69) is 45.7 Å². The molecule has 3 heteroatoms. The van der Waals surface area contributed by atoms with Gasteiger partial charge in [0.2, 0.25) is 0 Å². The summed E-state index contributed by atoms with van der Waals surface area (Å²) in [6.07, 6.45) is 2.97. The van der Waals surface area contributed by atoms with Crippen LogP contribution in [0.25, 0.3) is 0 Å². The molecule has 3 aliphatic rings. The standard InChI is InChI=1S/C9H12Br2O/c1-7-4-8(2)6(12-8)3-5(7)9(7,10)11/h5-6H,3-4H2,1-2H3/t5?,6-,7+,8+/m1/s1. The number of fused-ring (bicyclic) bond motifs is 2. The first-order valence-corrected chi connectivity index (χ1v) is 6.04. The lowest BCUT2D eigenvalue weighted by atomic mass is 9.83. The fourth-order valence-corrected chi connectivity index (χ4v) is 5.00. The first-order chi connectivity index (χ1) is 5.40. The lowest BCUT2D eigenvalue weighted by Gasteiger charge is -2.19. The second-order valence-electron chi connectivity index (χ2n) is 4.92. The van der Waals surface area contributed by atoms with Crippen LogP contribution in [-0.4, -0.2) is 14.9 Å². The second-order valence-corrected chi connectivity index (χ2v) is 8.49. The average molecular weight is 296 g/mol. The first-order valence-electron chi connectivity index (χ1n) is 4.46. The maximum absolute atomic E-state index is 5.68. The van der Waals surface area contributed by atoms with Crippen molar-refractivity contribution < 1.29 is 4.74 Å². The van der Waals surface area contributed by atoms with Crippen molar-refractivity contribution in [2.24, 2.45) is 11.3 Å². The highest BCUT2D eigenvalue weighted by Crippen LogP contribution is 2.80. The van der Waals surface area contributed by atoms with Gasteiger partial charge < -0.3 is 4.74 Å². The molecule has 2 saturated carbocycles. The molecule has 0 bridgehead atoms. The van der Waals surface area contributed by atoms with Gasteiger partial charge in [-0.05, 0) is 25.7 Å². The highest BCUT2D eigenvalue weighted by molar-refractivity contribution is 9.25. The summed E-state index contributed by atoms with van der Waals surface area (Å²) < 4.78 is 5.90. The molecule has 12 heavy (non-hydrogen) atoms. The molecule has 4 atom stereocenters. The third-order valence-electron chi connectivity index (χ3n) is 4.09. The fraction of sp³-hybridized carbons (Fsp3) is 1.00. The molecule has 1 aliphatic heterocycles. The molecule has 2 aliphatic carbocycles. The van der Waals surface area contributed by atoms with Crippen molar-refractivity contribution in [1.82, 2.24) is 0 Å². The molecule has 1 nitrogen and oxygen atoms in total. The van der Waals surface area contributed by atoms with Crippen molar-refractivity contribution in [3.8, 4) is 0 Å². The summed E-state index contributed by atoms with van der Waals surface area (Å²) in [5.41, 5.74) is 0.642. The topological polar surface area (TPSA) is 12.5 Å². The van der Waals surface area contributed by atoms with Crippen LogP contribution in [0.3, 0.4) is 0 Å². The predicted octanol–water partition coefficient (Wildman–Crippen LogP) is 3.06. The molecule has 3 fully saturated rings. The molecule has 3 rings (SSSR count). The smallest absolute Gasteiger partial charge is 0.0926 e. The number of epoxide rings is 1. The molecule has 1 saturated heterocycles. The average Bonchev–Trinajstić information content (AvgIpc) is 2.66. The molecule has 0 aromatic carbocycles. The van der Waals surface area contributed by atoms with Crippen molar-refractivity contribution in [3.63, 3.8) is 0 Å². The Kier molecular flexibility index (Phi) is 1.25. The van der Waals surface area contributed by atoms with E-state index in [1.165, 1.54) is 12.8 Å². The van der Waals surface area contributed by atoms with E-state index in [-0.39, 0.29) is 8.83 Å². The zero-order valence-corrected chi connectivity index (χ0v) is 10.4. The lowest BCUT2D eigenvalue weighted by Crippen LogP contribution is -2.22. The van der Waals surface area contributed by atoms with Gasteiger partial charge in [-0.2, -0.15) is 0 Å². The monoisotopic (exact) mass is 294 g/mol. The van der Waals surface area contributed by atoms with Gasteiger partial charge in [-0.3, -0.25) is 0 Å². The highest BCUT2D eigenvalue weighted by Gasteiger charge is 2.79. The van der Waals surface area contributed by atoms with Crippen LogP contribution in [0.5, 0.6) is 0 Å². The molecular formula is C9H12Br2O. The van der Waals surface area contributed by atoms with Crippen LogP contribution in [-0.2, 0) is 4.74 Å². The molecular weight excluding hydrogens is 284 g/mol. The van der Waals surface area contributed by atoms with Crippen LogP contribution in [0.4, 0.5) is 0 Å². The van der Waals surface area contributed by atoms with Gasteiger partial charge >= 0.3 is 0 Å². The molecule has 1 unspecified atom stereocenters. The Morgan fingerprint density at radius 3 is 2.58 bits per heavy atom. The van der Waals surface area contributed by atoms with Crippen molar-refractivity contribution in [2.75, 3.05) is 0 Å². The fourth-order valence-electron chi connectivity index (χ4n) is 3.01. The molecule has 0 aromatic heterocycles. The summed E-state index contributed by atoms with van der Waals surface area (Å²) in [6, 6.07) is 0. The summed E-state index contributed by atoms with van der Waals surface area (Å²) in [5, 5.41) is 0. The van der Waals surface area contributed by atoms with E-state index in [0.717, 1.165) is 5.92 Å². The van der Waals surface area contributed by atoms with Crippen LogP contribution in [0, 0.1) is 11.3 Å². The van der Waals surface area contributed by atoms with Crippen molar-refractivity contribution in [2.45, 2.75) is 41.6 Å². The summed E-state index contributed by atoms with van der Waals surface area (Å²) >= 11 is 7.54. The first kappa shape index (κ1) is 8.25. The number of hydrogen-bond donors (Lipinski definition) is 0. The van der Waals surface area contributed by atoms with E-state index in [0.29, 0.717) is 11.5 Å². The summed E-state index contributed by atoms with van der Waals surface area (Å²) in [6.45, 7) is 4.60. The van der Waals surface area contributed by atoms with Gasteiger partial charge in [0.25, 0.3) is 0 Å². The molecule has 0 amide bonds. The van der Waals surface area contributed by atoms with Crippen LogP contribution >= 0.6 is 31.9 Å².